The van der Waals surface area contributed by atoms with Crippen LogP contribution in [0.25, 0.3) is 0 Å². The largest absolute Gasteiger partial charge is 2.00 e. The summed E-state index contributed by atoms with van der Waals surface area (Å²) in [5.41, 5.74) is 0.965. The fourth-order valence-corrected chi connectivity index (χ4v) is 0.583. The molecule has 1 nitrogen and oxygen atoms in total. The average molecular weight is 203 g/mol. The summed E-state index contributed by atoms with van der Waals surface area (Å²) in [4.78, 5) is 0. The van der Waals surface area contributed by atoms with Crippen LogP contribution in [0.5, 0.6) is 0 Å². The van der Waals surface area contributed by atoms with E-state index in [0.29, 0.717) is 0 Å². The van der Waals surface area contributed by atoms with Gasteiger partial charge in [-0.2, -0.15) is 0 Å². The van der Waals surface area contributed by atoms with Gasteiger partial charge >= 0.3 is 23.1 Å². The van der Waals surface area contributed by atoms with E-state index in [1.807, 2.05) is 30.3 Å². The summed E-state index contributed by atoms with van der Waals surface area (Å²) in [5, 5.41) is 8.54. The van der Waals surface area contributed by atoms with Gasteiger partial charge < -0.3 is 29.9 Å². The minimum Gasteiger partial charge on any atom is -1.00 e. The normalized spacial score (nSPS) is 6.64. The maximum Gasteiger partial charge on any atom is 2.00 e. The Balaban J connectivity index is -0.000000213. The Bertz CT molecular complexity index is 158. The number of hydrogen-bond acceptors (Lipinski definition) is 1. The van der Waals surface area contributed by atoms with Crippen LogP contribution in [0.3, 0.4) is 0 Å². The van der Waals surface area contributed by atoms with E-state index in [2.05, 4.69) is 0 Å². The van der Waals surface area contributed by atoms with Crippen molar-refractivity contribution in [3.63, 3.8) is 0 Å². The van der Waals surface area contributed by atoms with Crippen molar-refractivity contribution < 1.29 is 29.9 Å². The van der Waals surface area contributed by atoms with Crippen LogP contribution in [0, 0.1) is 0 Å². The Morgan fingerprint density at radius 2 is 1.45 bits per heavy atom. The predicted octanol–water partition coefficient (Wildman–Crippen LogP) is -5.19. The maximum absolute atomic E-state index is 8.54. The Labute approximate surface area is 95.2 Å². The zero-order valence-electron chi connectivity index (χ0n) is 6.00. The summed E-state index contributed by atoms with van der Waals surface area (Å²) in [7, 11) is 0. The number of benzene rings is 1. The Morgan fingerprint density at radius 3 is 1.73 bits per heavy atom. The Morgan fingerprint density at radius 1 is 1.00 bits per heavy atom. The van der Waals surface area contributed by atoms with Crippen LogP contribution < -0.4 is 24.8 Å². The molecule has 0 saturated carbocycles. The minimum absolute atomic E-state index is 0. The molecule has 0 atom stereocenters. The van der Waals surface area contributed by atoms with Crippen molar-refractivity contribution in [2.75, 3.05) is 0 Å². The number of aliphatic hydroxyl groups excluding tert-OH is 1. The molecule has 1 aromatic carbocycles. The fourth-order valence-electron chi connectivity index (χ4n) is 0.583. The van der Waals surface area contributed by atoms with E-state index < -0.39 is 0 Å². The van der Waals surface area contributed by atoms with E-state index >= 15 is 0 Å². The molecule has 1 N–H and O–H groups in total. The molecule has 0 radical (unpaired) electrons. The zero-order chi connectivity index (χ0) is 5.82. The second kappa shape index (κ2) is 10.5. The molecular weight excluding hydrogens is 195 g/mol. The standard InChI is InChI=1S/C7H8O.2ClH.Mg/c8-6-7-4-2-1-3-5-7;;;/h1-5,8H,6H2;2*1H;/q;;;+2/p-2. The summed E-state index contributed by atoms with van der Waals surface area (Å²) < 4.78 is 0. The van der Waals surface area contributed by atoms with Crippen LogP contribution in [-0.4, -0.2) is 28.2 Å². The molecule has 0 aromatic heterocycles. The molecule has 0 aliphatic rings. The number of rotatable bonds is 1. The van der Waals surface area contributed by atoms with Gasteiger partial charge in [0.25, 0.3) is 0 Å². The molecule has 0 aliphatic heterocycles. The minimum atomic E-state index is 0. The molecule has 0 bridgehead atoms. The predicted molar refractivity (Wildman–Crippen MR) is 38.1 cm³/mol. The molecule has 11 heavy (non-hydrogen) atoms. The Kier molecular flexibility index (Phi) is 16.8. The van der Waals surface area contributed by atoms with Crippen molar-refractivity contribution in [3.8, 4) is 0 Å². The summed E-state index contributed by atoms with van der Waals surface area (Å²) in [6.07, 6.45) is 0. The molecule has 1 rings (SSSR count). The molecule has 0 fully saturated rings. The van der Waals surface area contributed by atoms with Gasteiger partial charge in [0.2, 0.25) is 0 Å². The molecule has 0 heterocycles. The first-order chi connectivity index (χ1) is 3.93. The molecular formula is C7H8Cl2MgO. The van der Waals surface area contributed by atoms with Crippen molar-refractivity contribution in [2.45, 2.75) is 6.61 Å². The van der Waals surface area contributed by atoms with Crippen molar-refractivity contribution in [1.29, 1.82) is 0 Å². The third kappa shape index (κ3) is 6.91. The molecule has 1 aromatic rings. The first-order valence-electron chi connectivity index (χ1n) is 2.58. The Hall–Kier alpha value is 0.526. The summed E-state index contributed by atoms with van der Waals surface area (Å²) in [5.74, 6) is 0. The van der Waals surface area contributed by atoms with E-state index in [4.69, 9.17) is 5.11 Å². The average Bonchev–Trinajstić information content (AvgIpc) is 1.90. The van der Waals surface area contributed by atoms with Gasteiger partial charge in [-0.25, -0.2) is 0 Å². The van der Waals surface area contributed by atoms with Gasteiger partial charge in [-0.05, 0) is 5.56 Å². The maximum atomic E-state index is 8.54. The third-order valence-corrected chi connectivity index (χ3v) is 1.03. The summed E-state index contributed by atoms with van der Waals surface area (Å²) in [6.45, 7) is 0.140. The summed E-state index contributed by atoms with van der Waals surface area (Å²) >= 11 is 0. The monoisotopic (exact) mass is 202 g/mol. The van der Waals surface area contributed by atoms with E-state index in [-0.39, 0.29) is 54.5 Å². The van der Waals surface area contributed by atoms with Gasteiger partial charge in [-0.3, -0.25) is 0 Å². The molecule has 0 unspecified atom stereocenters. The number of hydrogen-bond donors (Lipinski definition) is 1. The molecule has 0 saturated heterocycles. The van der Waals surface area contributed by atoms with Gasteiger partial charge in [0.15, 0.2) is 0 Å². The van der Waals surface area contributed by atoms with Crippen LogP contribution in [0.4, 0.5) is 0 Å². The second-order valence-electron chi connectivity index (χ2n) is 1.64. The van der Waals surface area contributed by atoms with Gasteiger partial charge in [-0.1, -0.05) is 30.3 Å². The molecule has 4 heteroatoms. The third-order valence-electron chi connectivity index (χ3n) is 1.03. The van der Waals surface area contributed by atoms with Crippen LogP contribution >= 0.6 is 0 Å². The van der Waals surface area contributed by atoms with Crippen LogP contribution in [0.2, 0.25) is 0 Å². The van der Waals surface area contributed by atoms with E-state index in [1.54, 1.807) is 0 Å². The first kappa shape index (κ1) is 17.6. The number of halogens is 2. The van der Waals surface area contributed by atoms with Crippen molar-refractivity contribution in [3.05, 3.63) is 35.9 Å². The zero-order valence-corrected chi connectivity index (χ0v) is 8.93. The van der Waals surface area contributed by atoms with Gasteiger partial charge in [0.05, 0.1) is 6.61 Å². The topological polar surface area (TPSA) is 20.2 Å². The summed E-state index contributed by atoms with van der Waals surface area (Å²) in [6, 6.07) is 9.52. The van der Waals surface area contributed by atoms with Crippen molar-refractivity contribution in [1.82, 2.24) is 0 Å². The van der Waals surface area contributed by atoms with E-state index in [0.717, 1.165) is 5.56 Å². The van der Waals surface area contributed by atoms with Crippen molar-refractivity contribution in [2.24, 2.45) is 0 Å². The first-order valence-corrected chi connectivity index (χ1v) is 2.58. The fraction of sp³-hybridized carbons (Fsp3) is 0.143. The van der Waals surface area contributed by atoms with E-state index in [9.17, 15) is 0 Å². The van der Waals surface area contributed by atoms with Gasteiger partial charge in [-0.15, -0.1) is 0 Å². The van der Waals surface area contributed by atoms with Crippen LogP contribution in [-0.2, 0) is 6.61 Å². The van der Waals surface area contributed by atoms with Crippen molar-refractivity contribution >= 4 is 23.1 Å². The van der Waals surface area contributed by atoms with Gasteiger partial charge in [0.1, 0.15) is 0 Å². The van der Waals surface area contributed by atoms with E-state index in [1.165, 1.54) is 0 Å². The second-order valence-corrected chi connectivity index (χ2v) is 1.64. The van der Waals surface area contributed by atoms with Crippen LogP contribution in [0.1, 0.15) is 5.56 Å². The molecule has 0 amide bonds. The molecule has 58 valence electrons. The number of aliphatic hydroxyl groups is 1. The molecule has 0 aliphatic carbocycles. The molecule has 0 spiro atoms. The smallest absolute Gasteiger partial charge is 1.00 e. The van der Waals surface area contributed by atoms with Gasteiger partial charge in [0, 0.05) is 0 Å². The van der Waals surface area contributed by atoms with Crippen LogP contribution in [0.15, 0.2) is 30.3 Å². The SMILES string of the molecule is OCc1ccccc1.[Cl-].[Cl-].[Mg+2]. The quantitative estimate of drug-likeness (QED) is 0.453.